The first-order valence-corrected chi connectivity index (χ1v) is 8.09. The minimum absolute atomic E-state index is 0.175. The van der Waals surface area contributed by atoms with Crippen molar-refractivity contribution in [2.45, 2.75) is 24.5 Å². The summed E-state index contributed by atoms with van der Waals surface area (Å²) in [6.07, 6.45) is 2.32. The molecule has 0 spiro atoms. The Hall–Kier alpha value is -1.08. The Bertz CT molecular complexity index is 504. The summed E-state index contributed by atoms with van der Waals surface area (Å²) in [5, 5.41) is 27.4. The number of hydrogen-bond donors (Lipinski definition) is 3. The van der Waals surface area contributed by atoms with Crippen LogP contribution in [0.15, 0.2) is 22.4 Å². The van der Waals surface area contributed by atoms with Crippen LogP contribution in [0.25, 0.3) is 0 Å². The lowest BCUT2D eigenvalue weighted by Gasteiger charge is -2.26. The van der Waals surface area contributed by atoms with Gasteiger partial charge in [0, 0.05) is 24.5 Å². The van der Waals surface area contributed by atoms with Crippen molar-refractivity contribution >= 4 is 29.3 Å². The molecule has 4 N–H and O–H groups in total. The lowest BCUT2D eigenvalue weighted by atomic mass is 10.0. The van der Waals surface area contributed by atoms with Crippen molar-refractivity contribution < 1.29 is 20.1 Å². The number of allylic oxidation sites excluding steroid dienone is 4. The fourth-order valence-corrected chi connectivity index (χ4v) is 3.11. The van der Waals surface area contributed by atoms with Crippen LogP contribution in [0.1, 0.15) is 19.3 Å². The van der Waals surface area contributed by atoms with Gasteiger partial charge in [-0.25, -0.2) is 5.26 Å². The maximum atomic E-state index is 12.4. The molecule has 0 saturated carbocycles. The number of nitrogens with two attached hydrogens (primary N) is 1. The van der Waals surface area contributed by atoms with Crippen LogP contribution in [0.2, 0.25) is 0 Å². The van der Waals surface area contributed by atoms with E-state index in [9.17, 15) is 4.79 Å². The van der Waals surface area contributed by atoms with Gasteiger partial charge >= 0.3 is 0 Å². The van der Waals surface area contributed by atoms with Gasteiger partial charge in [-0.3, -0.25) is 4.79 Å². The molecule has 0 fully saturated rings. The Morgan fingerprint density at radius 1 is 1.64 bits per heavy atom. The van der Waals surface area contributed by atoms with Gasteiger partial charge in [-0.15, -0.1) is 16.8 Å². The third kappa shape index (κ3) is 4.98. The standard InChI is InChI=1S/C13H18ClN3O4S/c14-11-7-10(2-1-9(11)8-16)17(21-20)13(19)12(3-5-18)22-6-4-15/h7,12,18,20H,1-6,15H2. The summed E-state index contributed by atoms with van der Waals surface area (Å²) >= 11 is 7.23. The van der Waals surface area contributed by atoms with E-state index in [1.807, 2.05) is 6.07 Å². The van der Waals surface area contributed by atoms with E-state index in [1.54, 1.807) is 0 Å². The maximum Gasteiger partial charge on any atom is 0.266 e. The van der Waals surface area contributed by atoms with Crippen LogP contribution in [0, 0.1) is 11.3 Å². The predicted molar refractivity (Wildman–Crippen MR) is 83.4 cm³/mol. The Balaban J connectivity index is 2.92. The smallest absolute Gasteiger partial charge is 0.266 e. The molecule has 0 aromatic heterocycles. The second-order valence-electron chi connectivity index (χ2n) is 4.45. The Morgan fingerprint density at radius 3 is 2.86 bits per heavy atom. The molecule has 9 heteroatoms. The normalized spacial score (nSPS) is 16.0. The topological polar surface area (TPSA) is 120 Å². The molecule has 1 rings (SSSR count). The molecule has 0 radical (unpaired) electrons. The van der Waals surface area contributed by atoms with Crippen LogP contribution in [0.3, 0.4) is 0 Å². The molecule has 0 aromatic carbocycles. The zero-order chi connectivity index (χ0) is 16.5. The molecule has 7 nitrogen and oxygen atoms in total. The van der Waals surface area contributed by atoms with Gasteiger partial charge in [-0.1, -0.05) is 11.6 Å². The summed E-state index contributed by atoms with van der Waals surface area (Å²) in [6, 6.07) is 1.98. The number of aliphatic hydroxyl groups excluding tert-OH is 1. The Labute approximate surface area is 137 Å². The number of carbonyl (C=O) groups excluding carboxylic acids is 1. The summed E-state index contributed by atoms with van der Waals surface area (Å²) in [5.41, 5.74) is 6.19. The van der Waals surface area contributed by atoms with Gasteiger partial charge in [0.25, 0.3) is 5.91 Å². The molecule has 122 valence electrons. The summed E-state index contributed by atoms with van der Waals surface area (Å²) in [4.78, 5) is 16.6. The van der Waals surface area contributed by atoms with Gasteiger partial charge in [0.1, 0.15) is 0 Å². The molecule has 0 aliphatic heterocycles. The second kappa shape index (κ2) is 9.84. The van der Waals surface area contributed by atoms with Crippen molar-refractivity contribution in [3.63, 3.8) is 0 Å². The van der Waals surface area contributed by atoms with E-state index in [4.69, 9.17) is 33.0 Å². The lowest BCUT2D eigenvalue weighted by molar-refractivity contribution is -0.367. The number of rotatable bonds is 8. The molecule has 1 unspecified atom stereocenters. The highest BCUT2D eigenvalue weighted by Crippen LogP contribution is 2.29. The SMILES string of the molecule is N#CC1=C(Cl)C=C(N(OO)C(=O)C(CCO)SCCN)CC1. The van der Waals surface area contributed by atoms with Crippen molar-refractivity contribution in [1.29, 1.82) is 5.26 Å². The molecule has 1 atom stereocenters. The lowest BCUT2D eigenvalue weighted by Crippen LogP contribution is -2.38. The van der Waals surface area contributed by atoms with E-state index in [1.165, 1.54) is 17.8 Å². The first-order valence-electron chi connectivity index (χ1n) is 6.66. The molecular weight excluding hydrogens is 330 g/mol. The third-order valence-electron chi connectivity index (χ3n) is 2.99. The number of amides is 1. The van der Waals surface area contributed by atoms with E-state index >= 15 is 0 Å². The second-order valence-corrected chi connectivity index (χ2v) is 6.17. The first-order chi connectivity index (χ1) is 10.6. The molecule has 1 amide bonds. The Morgan fingerprint density at radius 2 is 2.36 bits per heavy atom. The predicted octanol–water partition coefficient (Wildman–Crippen LogP) is 1.36. The number of hydrogen-bond acceptors (Lipinski definition) is 7. The molecule has 1 aliphatic rings. The summed E-state index contributed by atoms with van der Waals surface area (Å²) < 4.78 is 0. The number of hydroxylamine groups is 2. The summed E-state index contributed by atoms with van der Waals surface area (Å²) in [5.74, 6) is 0.0275. The number of thioether (sulfide) groups is 1. The van der Waals surface area contributed by atoms with E-state index in [2.05, 4.69) is 4.99 Å². The van der Waals surface area contributed by atoms with Crippen LogP contribution in [-0.4, -0.2) is 45.5 Å². The number of halogens is 1. The van der Waals surface area contributed by atoms with Crippen LogP contribution in [0.5, 0.6) is 0 Å². The van der Waals surface area contributed by atoms with Crippen molar-refractivity contribution in [3.8, 4) is 6.07 Å². The quantitative estimate of drug-likeness (QED) is 0.448. The zero-order valence-corrected chi connectivity index (χ0v) is 13.4. The monoisotopic (exact) mass is 347 g/mol. The Kier molecular flexibility index (Phi) is 8.48. The van der Waals surface area contributed by atoms with E-state index in [0.717, 1.165) is 5.06 Å². The fourth-order valence-electron chi connectivity index (χ4n) is 1.92. The number of nitriles is 1. The van der Waals surface area contributed by atoms with Gasteiger partial charge in [-0.05, 0) is 25.3 Å². The highest BCUT2D eigenvalue weighted by atomic mass is 35.5. The van der Waals surface area contributed by atoms with Crippen LogP contribution < -0.4 is 5.73 Å². The number of nitrogens with zero attached hydrogens (tertiary/aromatic N) is 2. The highest BCUT2D eigenvalue weighted by Gasteiger charge is 2.29. The molecule has 0 saturated heterocycles. The van der Waals surface area contributed by atoms with Crippen molar-refractivity contribution in [1.82, 2.24) is 5.06 Å². The van der Waals surface area contributed by atoms with Gasteiger partial charge in [0.05, 0.1) is 22.0 Å². The van der Waals surface area contributed by atoms with Crippen molar-refractivity contribution in [2.24, 2.45) is 5.73 Å². The van der Waals surface area contributed by atoms with Gasteiger partial charge in [0.2, 0.25) is 0 Å². The largest absolute Gasteiger partial charge is 0.396 e. The summed E-state index contributed by atoms with van der Waals surface area (Å²) in [6.45, 7) is 0.216. The molecule has 0 bridgehead atoms. The van der Waals surface area contributed by atoms with E-state index in [0.29, 0.717) is 36.4 Å². The maximum absolute atomic E-state index is 12.4. The molecule has 1 aliphatic carbocycles. The fraction of sp³-hybridized carbons (Fsp3) is 0.538. The first kappa shape index (κ1) is 19.0. The van der Waals surface area contributed by atoms with Crippen LogP contribution >= 0.6 is 23.4 Å². The molecule has 22 heavy (non-hydrogen) atoms. The minimum Gasteiger partial charge on any atom is -0.396 e. The molecule has 0 aromatic rings. The van der Waals surface area contributed by atoms with E-state index in [-0.39, 0.29) is 18.1 Å². The number of carbonyl (C=O) groups is 1. The summed E-state index contributed by atoms with van der Waals surface area (Å²) in [7, 11) is 0. The van der Waals surface area contributed by atoms with Crippen LogP contribution in [-0.2, 0) is 9.78 Å². The molecular formula is C13H18ClN3O4S. The van der Waals surface area contributed by atoms with Gasteiger partial charge < -0.3 is 10.8 Å². The zero-order valence-electron chi connectivity index (χ0n) is 11.9. The van der Waals surface area contributed by atoms with Crippen molar-refractivity contribution in [2.75, 3.05) is 18.9 Å². The molecule has 0 heterocycles. The van der Waals surface area contributed by atoms with Gasteiger partial charge in [-0.2, -0.15) is 10.3 Å². The van der Waals surface area contributed by atoms with Gasteiger partial charge in [0.15, 0.2) is 0 Å². The average molecular weight is 348 g/mol. The van der Waals surface area contributed by atoms with E-state index < -0.39 is 11.2 Å². The highest BCUT2D eigenvalue weighted by molar-refractivity contribution is 8.00. The van der Waals surface area contributed by atoms with Crippen molar-refractivity contribution in [3.05, 3.63) is 22.4 Å². The third-order valence-corrected chi connectivity index (χ3v) is 4.64. The number of aliphatic hydroxyl groups is 1. The average Bonchev–Trinajstić information content (AvgIpc) is 2.52. The minimum atomic E-state index is -0.596. The van der Waals surface area contributed by atoms with Crippen LogP contribution in [0.4, 0.5) is 0 Å².